The zero-order valence-electron chi connectivity index (χ0n) is 8.80. The third-order valence-electron chi connectivity index (χ3n) is 2.10. The van der Waals surface area contributed by atoms with Gasteiger partial charge in [0.15, 0.2) is 0 Å². The molecule has 1 aromatic rings. The van der Waals surface area contributed by atoms with Crippen LogP contribution in [0.25, 0.3) is 0 Å². The number of benzene rings is 1. The van der Waals surface area contributed by atoms with E-state index < -0.39 is 11.9 Å². The monoisotopic (exact) mass is 223 g/mol. The second-order valence-electron chi connectivity index (χ2n) is 3.40. The molecule has 0 spiro atoms. The van der Waals surface area contributed by atoms with E-state index in [-0.39, 0.29) is 17.8 Å². The quantitative estimate of drug-likeness (QED) is 0.617. The summed E-state index contributed by atoms with van der Waals surface area (Å²) in [5.74, 6) is -1.59. The van der Waals surface area contributed by atoms with Crippen molar-refractivity contribution in [2.75, 3.05) is 24.2 Å². The number of amides is 1. The molecule has 0 atom stereocenters. The first-order valence-electron chi connectivity index (χ1n) is 4.54. The lowest BCUT2D eigenvalue weighted by Crippen LogP contribution is -2.30. The molecule has 0 aliphatic carbocycles. The average Bonchev–Trinajstić information content (AvgIpc) is 2.16. The number of rotatable bonds is 4. The van der Waals surface area contributed by atoms with Crippen LogP contribution in [0.4, 0.5) is 11.4 Å². The highest BCUT2D eigenvalue weighted by molar-refractivity contribution is 5.95. The van der Waals surface area contributed by atoms with E-state index >= 15 is 0 Å². The molecule has 6 heteroatoms. The number of hydrogen-bond acceptors (Lipinski definition) is 4. The molecule has 5 N–H and O–H groups in total. The van der Waals surface area contributed by atoms with Crippen LogP contribution >= 0.6 is 0 Å². The number of primary amides is 1. The van der Waals surface area contributed by atoms with Gasteiger partial charge in [-0.2, -0.15) is 0 Å². The van der Waals surface area contributed by atoms with Gasteiger partial charge in [-0.1, -0.05) is 0 Å². The molecule has 0 fully saturated rings. The van der Waals surface area contributed by atoms with Gasteiger partial charge in [-0.25, -0.2) is 4.79 Å². The Morgan fingerprint density at radius 3 is 2.56 bits per heavy atom. The molecule has 86 valence electrons. The van der Waals surface area contributed by atoms with Crippen molar-refractivity contribution in [3.63, 3.8) is 0 Å². The summed E-state index contributed by atoms with van der Waals surface area (Å²) in [4.78, 5) is 23.1. The van der Waals surface area contributed by atoms with Crippen LogP contribution in [0.5, 0.6) is 0 Å². The van der Waals surface area contributed by atoms with Crippen LogP contribution in [0.15, 0.2) is 18.2 Å². The lowest BCUT2D eigenvalue weighted by Gasteiger charge is -2.18. The second kappa shape index (κ2) is 4.52. The Labute approximate surface area is 92.4 Å². The fourth-order valence-electron chi connectivity index (χ4n) is 1.29. The number of nitrogens with zero attached hydrogens (tertiary/aromatic N) is 1. The van der Waals surface area contributed by atoms with Gasteiger partial charge in [0.05, 0.1) is 12.1 Å². The van der Waals surface area contributed by atoms with Crippen molar-refractivity contribution in [3.05, 3.63) is 23.8 Å². The molecule has 1 aromatic carbocycles. The van der Waals surface area contributed by atoms with Crippen molar-refractivity contribution in [3.8, 4) is 0 Å². The minimum Gasteiger partial charge on any atom is -0.478 e. The van der Waals surface area contributed by atoms with Gasteiger partial charge in [0, 0.05) is 18.4 Å². The van der Waals surface area contributed by atoms with Gasteiger partial charge in [-0.3, -0.25) is 4.79 Å². The number of carbonyl (C=O) groups excluding carboxylic acids is 1. The number of aromatic carboxylic acids is 1. The van der Waals surface area contributed by atoms with Gasteiger partial charge >= 0.3 is 5.97 Å². The summed E-state index contributed by atoms with van der Waals surface area (Å²) in [6, 6.07) is 4.52. The summed E-state index contributed by atoms with van der Waals surface area (Å²) in [7, 11) is 1.64. The minimum absolute atomic E-state index is 0.00817. The van der Waals surface area contributed by atoms with Crippen molar-refractivity contribution in [2.24, 2.45) is 5.73 Å². The van der Waals surface area contributed by atoms with Crippen molar-refractivity contribution in [2.45, 2.75) is 0 Å². The maximum Gasteiger partial charge on any atom is 0.337 e. The molecule has 0 aliphatic heterocycles. The van der Waals surface area contributed by atoms with Crippen LogP contribution in [0.3, 0.4) is 0 Å². The molecule has 0 unspecified atom stereocenters. The lowest BCUT2D eigenvalue weighted by atomic mass is 10.1. The number of likely N-dealkylation sites (N-methyl/N-ethyl adjacent to an activating group) is 1. The average molecular weight is 223 g/mol. The Hall–Kier alpha value is -2.24. The molecule has 0 aliphatic rings. The maximum atomic E-state index is 10.8. The normalized spacial score (nSPS) is 9.81. The molecule has 6 nitrogen and oxygen atoms in total. The van der Waals surface area contributed by atoms with Gasteiger partial charge in [0.2, 0.25) is 5.91 Å². The molecule has 1 rings (SSSR count). The van der Waals surface area contributed by atoms with Gasteiger partial charge in [-0.15, -0.1) is 0 Å². The van der Waals surface area contributed by atoms with Crippen molar-refractivity contribution >= 4 is 23.3 Å². The largest absolute Gasteiger partial charge is 0.478 e. The number of carboxylic acid groups (broad SMARTS) is 1. The molecule has 0 radical (unpaired) electrons. The summed E-state index contributed by atoms with van der Waals surface area (Å²) >= 11 is 0. The molecular weight excluding hydrogens is 210 g/mol. The number of nitrogens with two attached hydrogens (primary N) is 2. The van der Waals surface area contributed by atoms with Crippen LogP contribution in [-0.4, -0.2) is 30.6 Å². The second-order valence-corrected chi connectivity index (χ2v) is 3.40. The van der Waals surface area contributed by atoms with Gasteiger partial charge < -0.3 is 21.5 Å². The third kappa shape index (κ3) is 2.63. The van der Waals surface area contributed by atoms with E-state index in [1.807, 2.05) is 0 Å². The number of nitrogen functional groups attached to an aromatic ring is 1. The summed E-state index contributed by atoms with van der Waals surface area (Å²) in [5.41, 5.74) is 11.3. The zero-order valence-corrected chi connectivity index (χ0v) is 8.80. The zero-order chi connectivity index (χ0) is 12.3. The SMILES string of the molecule is CN(CC(N)=O)c1ccc(N)c(C(=O)O)c1. The van der Waals surface area contributed by atoms with Gasteiger partial charge in [0.1, 0.15) is 0 Å². The highest BCUT2D eigenvalue weighted by Crippen LogP contribution is 2.20. The van der Waals surface area contributed by atoms with Crippen LogP contribution in [0.2, 0.25) is 0 Å². The fourth-order valence-corrected chi connectivity index (χ4v) is 1.29. The Bertz CT molecular complexity index is 431. The van der Waals surface area contributed by atoms with Crippen LogP contribution < -0.4 is 16.4 Å². The van der Waals surface area contributed by atoms with E-state index in [0.29, 0.717) is 5.69 Å². The third-order valence-corrected chi connectivity index (χ3v) is 2.10. The highest BCUT2D eigenvalue weighted by Gasteiger charge is 2.11. The Morgan fingerprint density at radius 1 is 1.44 bits per heavy atom. The number of anilines is 2. The van der Waals surface area contributed by atoms with Crippen molar-refractivity contribution in [1.82, 2.24) is 0 Å². The van der Waals surface area contributed by atoms with Gasteiger partial charge in [-0.05, 0) is 18.2 Å². The maximum absolute atomic E-state index is 10.8. The van der Waals surface area contributed by atoms with E-state index in [2.05, 4.69) is 0 Å². The first-order valence-corrected chi connectivity index (χ1v) is 4.54. The van der Waals surface area contributed by atoms with Crippen LogP contribution in [-0.2, 0) is 4.79 Å². The molecule has 16 heavy (non-hydrogen) atoms. The first-order chi connectivity index (χ1) is 7.41. The van der Waals surface area contributed by atoms with Crippen LogP contribution in [0, 0.1) is 0 Å². The first kappa shape index (κ1) is 11.8. The van der Waals surface area contributed by atoms with Crippen molar-refractivity contribution < 1.29 is 14.7 Å². The Kier molecular flexibility index (Phi) is 3.34. The fraction of sp³-hybridized carbons (Fsp3) is 0.200. The Morgan fingerprint density at radius 2 is 2.06 bits per heavy atom. The molecule has 0 saturated carbocycles. The van der Waals surface area contributed by atoms with E-state index in [4.69, 9.17) is 16.6 Å². The molecule has 0 saturated heterocycles. The summed E-state index contributed by atoms with van der Waals surface area (Å²) in [6.45, 7) is 0.0168. The standard InChI is InChI=1S/C10H13N3O3/c1-13(5-9(12)14)6-2-3-8(11)7(4-6)10(15)16/h2-4H,5,11H2,1H3,(H2,12,14)(H,15,16). The predicted molar refractivity (Wildman–Crippen MR) is 60.3 cm³/mol. The smallest absolute Gasteiger partial charge is 0.337 e. The van der Waals surface area contributed by atoms with E-state index in [0.717, 1.165) is 0 Å². The summed E-state index contributed by atoms with van der Waals surface area (Å²) in [5, 5.41) is 8.86. The lowest BCUT2D eigenvalue weighted by molar-refractivity contribution is -0.116. The molecule has 1 amide bonds. The predicted octanol–water partition coefficient (Wildman–Crippen LogP) is -0.111. The van der Waals surface area contributed by atoms with E-state index in [1.165, 1.54) is 12.1 Å². The Balaban J connectivity index is 3.02. The summed E-state index contributed by atoms with van der Waals surface area (Å²) in [6.07, 6.45) is 0. The highest BCUT2D eigenvalue weighted by atomic mass is 16.4. The minimum atomic E-state index is -1.10. The van der Waals surface area contributed by atoms with Gasteiger partial charge in [0.25, 0.3) is 0 Å². The van der Waals surface area contributed by atoms with E-state index in [1.54, 1.807) is 18.0 Å². The molecule has 0 bridgehead atoms. The number of carboxylic acids is 1. The van der Waals surface area contributed by atoms with Crippen molar-refractivity contribution in [1.29, 1.82) is 0 Å². The van der Waals surface area contributed by atoms with E-state index in [9.17, 15) is 9.59 Å². The topological polar surface area (TPSA) is 110 Å². The number of carbonyl (C=O) groups is 2. The molecule has 0 heterocycles. The number of hydrogen-bond donors (Lipinski definition) is 3. The molecule has 0 aromatic heterocycles. The summed E-state index contributed by atoms with van der Waals surface area (Å²) < 4.78 is 0. The molecular formula is C10H13N3O3. The van der Waals surface area contributed by atoms with Crippen LogP contribution in [0.1, 0.15) is 10.4 Å².